The van der Waals surface area contributed by atoms with Crippen molar-refractivity contribution in [2.24, 2.45) is 0 Å². The van der Waals surface area contributed by atoms with E-state index >= 15 is 0 Å². The molecule has 12 heteroatoms. The number of rotatable bonds is 28. The Morgan fingerprint density at radius 1 is 0.908 bits per heavy atom. The monoisotopic (exact) mass is 878 g/mol. The molecule has 0 amide bonds. The molecule has 1 saturated heterocycles. The number of aromatic nitrogens is 4. The molecule has 12 nitrogen and oxygen atoms in total. The quantitative estimate of drug-likeness (QED) is 0.0186. The molecule has 5 aromatic rings. The summed E-state index contributed by atoms with van der Waals surface area (Å²) in [5.74, 6) is 2.41. The van der Waals surface area contributed by atoms with Crippen molar-refractivity contribution in [2.75, 3.05) is 50.1 Å². The Kier molecular flexibility index (Phi) is 17.4. The summed E-state index contributed by atoms with van der Waals surface area (Å²) in [6.45, 7) is 18.8. The van der Waals surface area contributed by atoms with Crippen molar-refractivity contribution in [3.63, 3.8) is 0 Å². The molecule has 342 valence electrons. The van der Waals surface area contributed by atoms with Crippen molar-refractivity contribution in [3.8, 4) is 17.1 Å². The van der Waals surface area contributed by atoms with Crippen molar-refractivity contribution in [1.82, 2.24) is 35.7 Å². The lowest BCUT2D eigenvalue weighted by Gasteiger charge is -2.37. The zero-order chi connectivity index (χ0) is 45.1. The van der Waals surface area contributed by atoms with Gasteiger partial charge < -0.3 is 40.4 Å². The Balaban J connectivity index is 0.741. The number of unbranched alkanes of at least 4 members (excludes halogenated alkanes) is 6. The summed E-state index contributed by atoms with van der Waals surface area (Å²) in [5, 5.41) is 22.2. The van der Waals surface area contributed by atoms with Crippen LogP contribution in [0.25, 0.3) is 22.8 Å². The Hall–Kier alpha value is -6.24. The lowest BCUT2D eigenvalue weighted by atomic mass is 9.87. The third-order valence-corrected chi connectivity index (χ3v) is 12.5. The van der Waals surface area contributed by atoms with Crippen molar-refractivity contribution in [1.29, 1.82) is 0 Å². The minimum atomic E-state index is -0.378. The molecule has 1 unspecified atom stereocenters. The second-order valence-electron chi connectivity index (χ2n) is 17.1. The standard InChI is InChI=1S/C53H67N9O3/c1-4-46(19-15-32-63)62-39-49-48(41(62)3)21-14-22-50(49)56-31-35-64-33-10-8-6-5-7-9-11-34-65-47-20-12-16-42(36-47)38-57-40(2)44-17-13-18-45(37-44)59-53(25-29-55-30-26-53)52-58-51(60-61-52)43-23-27-54-28-24-43/h4,12-14,16-18,20-24,27-28,32,36-37,46,55-57,59H,1-3,5-11,15,19,25-26,29-31,33-35,38-39H2,(H,58,60,61). The number of carbonyl (C=O) groups excluding carboxylic acids is 1. The molecular weight excluding hydrogens is 811 g/mol. The van der Waals surface area contributed by atoms with Gasteiger partial charge >= 0.3 is 0 Å². The fourth-order valence-corrected chi connectivity index (χ4v) is 8.81. The van der Waals surface area contributed by atoms with Crippen molar-refractivity contribution in [3.05, 3.63) is 145 Å². The molecule has 0 radical (unpaired) electrons. The first-order valence-electron chi connectivity index (χ1n) is 23.5. The van der Waals surface area contributed by atoms with Gasteiger partial charge in [0.05, 0.1) is 18.8 Å². The Morgan fingerprint density at radius 3 is 2.48 bits per heavy atom. The van der Waals surface area contributed by atoms with Gasteiger partial charge in [0.2, 0.25) is 0 Å². The fourth-order valence-electron chi connectivity index (χ4n) is 8.81. The van der Waals surface area contributed by atoms with Crippen LogP contribution in [0.3, 0.4) is 0 Å². The highest BCUT2D eigenvalue weighted by Crippen LogP contribution is 2.38. The molecule has 1 atom stereocenters. The highest BCUT2D eigenvalue weighted by atomic mass is 16.5. The lowest BCUT2D eigenvalue weighted by molar-refractivity contribution is -0.108. The van der Waals surface area contributed by atoms with Gasteiger partial charge in [0.15, 0.2) is 11.6 Å². The molecule has 4 heterocycles. The van der Waals surface area contributed by atoms with E-state index in [0.717, 1.165) is 134 Å². The topological polar surface area (TPSA) is 141 Å². The number of pyridine rings is 1. The maximum atomic E-state index is 11.0. The van der Waals surface area contributed by atoms with Gasteiger partial charge in [0, 0.05) is 90.6 Å². The van der Waals surface area contributed by atoms with E-state index in [-0.39, 0.29) is 11.6 Å². The van der Waals surface area contributed by atoms with Crippen LogP contribution >= 0.6 is 0 Å². The van der Waals surface area contributed by atoms with E-state index in [4.69, 9.17) is 14.5 Å². The van der Waals surface area contributed by atoms with E-state index in [0.29, 0.717) is 25.4 Å². The SMILES string of the molecule is C=CC(CCC=O)N1Cc2c(NCCOCCCCCCCCCOc3cccc(CNC(=C)c4cccc(NC5(c6nc(-c7ccncc7)n[nH]6)CCNCC5)c4)c3)cccc2C1=C. The maximum Gasteiger partial charge on any atom is 0.181 e. The van der Waals surface area contributed by atoms with Crippen LogP contribution in [0, 0.1) is 0 Å². The highest BCUT2D eigenvalue weighted by molar-refractivity contribution is 5.75. The number of anilines is 2. The number of hydrogen-bond donors (Lipinski definition) is 5. The van der Waals surface area contributed by atoms with Gasteiger partial charge in [-0.1, -0.05) is 87.7 Å². The molecule has 0 saturated carbocycles. The number of ether oxygens (including phenoxy) is 2. The number of piperidine rings is 1. The molecule has 0 aliphatic carbocycles. The zero-order valence-corrected chi connectivity index (χ0v) is 38.0. The number of hydrogen-bond acceptors (Lipinski definition) is 11. The molecule has 5 N–H and O–H groups in total. The number of H-pyrrole nitrogens is 1. The van der Waals surface area contributed by atoms with Gasteiger partial charge in [-0.15, -0.1) is 6.58 Å². The van der Waals surface area contributed by atoms with E-state index < -0.39 is 0 Å². The normalized spacial score (nSPS) is 14.6. The van der Waals surface area contributed by atoms with E-state index in [9.17, 15) is 4.79 Å². The van der Waals surface area contributed by atoms with Gasteiger partial charge in [-0.05, 0) is 98.8 Å². The first kappa shape index (κ1) is 46.7. The number of nitrogens with zero attached hydrogens (tertiary/aromatic N) is 4. The predicted molar refractivity (Wildman–Crippen MR) is 263 cm³/mol. The average molecular weight is 878 g/mol. The minimum absolute atomic E-state index is 0.0997. The molecule has 2 aliphatic heterocycles. The number of benzene rings is 3. The second-order valence-corrected chi connectivity index (χ2v) is 17.1. The third-order valence-electron chi connectivity index (χ3n) is 12.5. The van der Waals surface area contributed by atoms with Crippen molar-refractivity contribution in [2.45, 2.75) is 95.3 Å². The van der Waals surface area contributed by atoms with Crippen LogP contribution in [-0.4, -0.2) is 76.8 Å². The molecule has 1 fully saturated rings. The Labute approximate surface area is 385 Å². The molecule has 0 bridgehead atoms. The largest absolute Gasteiger partial charge is 0.494 e. The summed E-state index contributed by atoms with van der Waals surface area (Å²) in [5.41, 5.74) is 9.12. The number of nitrogens with one attached hydrogen (secondary N) is 5. The minimum Gasteiger partial charge on any atom is -0.494 e. The van der Waals surface area contributed by atoms with Crippen LogP contribution in [0.1, 0.15) is 98.7 Å². The molecule has 7 rings (SSSR count). The van der Waals surface area contributed by atoms with Gasteiger partial charge in [0.25, 0.3) is 0 Å². The number of fused-ring (bicyclic) bond motifs is 1. The summed E-state index contributed by atoms with van der Waals surface area (Å²) in [7, 11) is 0. The van der Waals surface area contributed by atoms with Crippen LogP contribution in [0.2, 0.25) is 0 Å². The van der Waals surface area contributed by atoms with E-state index in [1.807, 2.05) is 24.3 Å². The van der Waals surface area contributed by atoms with Crippen molar-refractivity contribution >= 4 is 29.1 Å². The third kappa shape index (κ3) is 13.0. The lowest BCUT2D eigenvalue weighted by Crippen LogP contribution is -2.46. The van der Waals surface area contributed by atoms with Gasteiger partial charge in [-0.3, -0.25) is 10.1 Å². The number of aromatic amines is 1. The molecule has 0 spiro atoms. The first-order chi connectivity index (χ1) is 32.0. The molecular formula is C53H67N9O3. The van der Waals surface area contributed by atoms with E-state index in [1.165, 1.54) is 37.7 Å². The van der Waals surface area contributed by atoms with Crippen LogP contribution in [-0.2, 0) is 28.2 Å². The van der Waals surface area contributed by atoms with Crippen LogP contribution in [0.4, 0.5) is 11.4 Å². The maximum absolute atomic E-state index is 11.0. The smallest absolute Gasteiger partial charge is 0.181 e. The Morgan fingerprint density at radius 2 is 1.68 bits per heavy atom. The van der Waals surface area contributed by atoms with Crippen LogP contribution in [0.15, 0.2) is 117 Å². The van der Waals surface area contributed by atoms with Gasteiger partial charge in [0.1, 0.15) is 12.0 Å². The summed E-state index contributed by atoms with van der Waals surface area (Å²) in [6, 6.07) is 27.0. The average Bonchev–Trinajstić information content (AvgIpc) is 3.98. The van der Waals surface area contributed by atoms with Crippen LogP contribution in [0.5, 0.6) is 5.75 Å². The molecule has 2 aliphatic rings. The number of aldehydes is 1. The summed E-state index contributed by atoms with van der Waals surface area (Å²) in [6.07, 6.45) is 17.6. The second kappa shape index (κ2) is 24.2. The predicted octanol–water partition coefficient (Wildman–Crippen LogP) is 9.88. The summed E-state index contributed by atoms with van der Waals surface area (Å²) in [4.78, 5) is 22.3. The van der Waals surface area contributed by atoms with E-state index in [1.54, 1.807) is 12.4 Å². The molecule has 65 heavy (non-hydrogen) atoms. The van der Waals surface area contributed by atoms with E-state index in [2.05, 4.69) is 122 Å². The molecule has 2 aromatic heterocycles. The Bertz CT molecular complexity index is 2300. The zero-order valence-electron chi connectivity index (χ0n) is 38.0. The number of carbonyl (C=O) groups is 1. The van der Waals surface area contributed by atoms with Gasteiger partial charge in [-0.25, -0.2) is 4.98 Å². The molecule has 3 aromatic carbocycles. The van der Waals surface area contributed by atoms with Crippen LogP contribution < -0.4 is 26.0 Å². The highest BCUT2D eigenvalue weighted by Gasteiger charge is 2.37. The first-order valence-corrected chi connectivity index (χ1v) is 23.5. The fraction of sp³-hybridized carbons (Fsp3) is 0.396. The summed E-state index contributed by atoms with van der Waals surface area (Å²) < 4.78 is 12.1. The van der Waals surface area contributed by atoms with Gasteiger partial charge in [-0.2, -0.15) is 5.10 Å². The summed E-state index contributed by atoms with van der Waals surface area (Å²) >= 11 is 0. The van der Waals surface area contributed by atoms with Crippen molar-refractivity contribution < 1.29 is 14.3 Å².